The molecular weight excluding hydrogens is 256 g/mol. The second-order valence-corrected chi connectivity index (χ2v) is 4.39. The summed E-state index contributed by atoms with van der Waals surface area (Å²) in [5.74, 6) is 0.606. The Kier molecular flexibility index (Phi) is 4.17. The first kappa shape index (κ1) is 14.2. The Morgan fingerprint density at radius 1 is 1.15 bits per heavy atom. The van der Waals surface area contributed by atoms with Crippen LogP contribution in [0.4, 0.5) is 0 Å². The van der Waals surface area contributed by atoms with Crippen molar-refractivity contribution in [3.8, 4) is 0 Å². The minimum Gasteiger partial charge on any atom is -0.394 e. The maximum absolute atomic E-state index is 11.8. The predicted octanol–water partition coefficient (Wildman–Crippen LogP) is 1.48. The summed E-state index contributed by atoms with van der Waals surface area (Å²) in [6, 6.07) is 5.24. The molecule has 0 aliphatic carbocycles. The molecule has 0 atom stereocenters. The van der Waals surface area contributed by atoms with Gasteiger partial charge in [0, 0.05) is 29.4 Å². The van der Waals surface area contributed by atoms with E-state index in [-0.39, 0.29) is 0 Å². The van der Waals surface area contributed by atoms with Crippen LogP contribution in [0.25, 0.3) is 10.8 Å². The van der Waals surface area contributed by atoms with Crippen molar-refractivity contribution in [2.75, 3.05) is 19.7 Å². The van der Waals surface area contributed by atoms with Crippen LogP contribution < -0.4 is 10.9 Å². The standard InChI is InChI=1S/C15H18N2O3/c1-4-17(5-2)15(16-20-6-3)11-9-7-8-10-12(11)14(19)13(10)18/h7-9H,4-6H2,1-3H3. The van der Waals surface area contributed by atoms with Crippen LogP contribution in [0, 0.1) is 0 Å². The fraction of sp³-hybridized carbons (Fsp3) is 0.400. The lowest BCUT2D eigenvalue weighted by Crippen LogP contribution is -2.36. The lowest BCUT2D eigenvalue weighted by molar-refractivity contribution is 0.154. The van der Waals surface area contributed by atoms with E-state index in [1.165, 1.54) is 0 Å². The molecule has 2 rings (SSSR count). The topological polar surface area (TPSA) is 59.0 Å². The number of rotatable bonds is 5. The van der Waals surface area contributed by atoms with Gasteiger partial charge in [0.15, 0.2) is 5.84 Å². The van der Waals surface area contributed by atoms with Crippen molar-refractivity contribution in [2.45, 2.75) is 20.8 Å². The summed E-state index contributed by atoms with van der Waals surface area (Å²) in [7, 11) is 0. The van der Waals surface area contributed by atoms with E-state index in [4.69, 9.17) is 4.84 Å². The van der Waals surface area contributed by atoms with Crippen LogP contribution in [0.5, 0.6) is 0 Å². The number of nitrogens with zero attached hydrogens (tertiary/aromatic N) is 2. The number of fused-ring (bicyclic) bond motifs is 1. The first-order valence-corrected chi connectivity index (χ1v) is 6.82. The van der Waals surface area contributed by atoms with Gasteiger partial charge in [-0.25, -0.2) is 0 Å². The molecule has 0 bridgehead atoms. The third-order valence-corrected chi connectivity index (χ3v) is 3.33. The summed E-state index contributed by atoms with van der Waals surface area (Å²) in [6.45, 7) is 7.80. The third kappa shape index (κ3) is 2.19. The smallest absolute Gasteiger partial charge is 0.235 e. The molecule has 2 aromatic carbocycles. The number of amidine groups is 1. The molecular formula is C15H18N2O3. The van der Waals surface area contributed by atoms with E-state index in [0.717, 1.165) is 13.1 Å². The first-order valence-electron chi connectivity index (χ1n) is 6.82. The van der Waals surface area contributed by atoms with E-state index in [1.54, 1.807) is 18.2 Å². The van der Waals surface area contributed by atoms with Crippen LogP contribution in [0.1, 0.15) is 26.3 Å². The fourth-order valence-corrected chi connectivity index (χ4v) is 2.27. The average molecular weight is 274 g/mol. The highest BCUT2D eigenvalue weighted by Crippen LogP contribution is 2.17. The Morgan fingerprint density at radius 3 is 2.45 bits per heavy atom. The molecule has 0 saturated carbocycles. The molecule has 0 spiro atoms. The van der Waals surface area contributed by atoms with Crippen LogP contribution in [0.15, 0.2) is 32.9 Å². The van der Waals surface area contributed by atoms with Gasteiger partial charge in [0.25, 0.3) is 0 Å². The molecule has 106 valence electrons. The third-order valence-electron chi connectivity index (χ3n) is 3.33. The van der Waals surface area contributed by atoms with Gasteiger partial charge in [0.05, 0.1) is 0 Å². The van der Waals surface area contributed by atoms with E-state index in [1.807, 2.05) is 25.7 Å². The van der Waals surface area contributed by atoms with Crippen molar-refractivity contribution in [1.29, 1.82) is 0 Å². The van der Waals surface area contributed by atoms with Crippen LogP contribution in [-0.2, 0) is 4.84 Å². The van der Waals surface area contributed by atoms with E-state index >= 15 is 0 Å². The maximum atomic E-state index is 11.8. The van der Waals surface area contributed by atoms with E-state index in [9.17, 15) is 9.59 Å². The van der Waals surface area contributed by atoms with Crippen molar-refractivity contribution in [1.82, 2.24) is 4.90 Å². The second kappa shape index (κ2) is 5.86. The summed E-state index contributed by atoms with van der Waals surface area (Å²) >= 11 is 0. The SMILES string of the molecule is CCON=C(c1cccc2c(=O)c(=O)c12)N(CC)CC. The highest BCUT2D eigenvalue weighted by atomic mass is 16.6. The summed E-state index contributed by atoms with van der Waals surface area (Å²) in [6.07, 6.45) is 0. The normalized spacial score (nSPS) is 12.1. The number of hydrogen-bond donors (Lipinski definition) is 0. The van der Waals surface area contributed by atoms with Gasteiger partial charge in [0.2, 0.25) is 10.9 Å². The molecule has 2 aromatic rings. The minimum atomic E-state index is -0.438. The molecule has 0 aromatic heterocycles. The predicted molar refractivity (Wildman–Crippen MR) is 79.9 cm³/mol. The fourth-order valence-electron chi connectivity index (χ4n) is 2.27. The molecule has 0 aliphatic rings. The van der Waals surface area contributed by atoms with Gasteiger partial charge >= 0.3 is 0 Å². The second-order valence-electron chi connectivity index (χ2n) is 4.39. The Hall–Kier alpha value is -2.17. The van der Waals surface area contributed by atoms with Gasteiger partial charge in [0.1, 0.15) is 6.61 Å². The Bertz CT molecular complexity index is 707. The molecule has 5 nitrogen and oxygen atoms in total. The van der Waals surface area contributed by atoms with Gasteiger partial charge in [-0.05, 0) is 20.8 Å². The zero-order valence-corrected chi connectivity index (χ0v) is 12.0. The summed E-state index contributed by atoms with van der Waals surface area (Å²) in [5, 5.41) is 5.07. The van der Waals surface area contributed by atoms with Crippen LogP contribution in [0.3, 0.4) is 0 Å². The van der Waals surface area contributed by atoms with Crippen LogP contribution >= 0.6 is 0 Å². The Labute approximate surface area is 117 Å². The molecule has 0 amide bonds. The highest BCUT2D eigenvalue weighted by Gasteiger charge is 2.21. The molecule has 0 radical (unpaired) electrons. The summed E-state index contributed by atoms with van der Waals surface area (Å²) in [5.41, 5.74) is -0.187. The highest BCUT2D eigenvalue weighted by molar-refractivity contribution is 6.11. The van der Waals surface area contributed by atoms with Gasteiger partial charge in [-0.15, -0.1) is 0 Å². The van der Waals surface area contributed by atoms with Gasteiger partial charge in [-0.1, -0.05) is 23.4 Å². The molecule has 5 heteroatoms. The summed E-state index contributed by atoms with van der Waals surface area (Å²) in [4.78, 5) is 30.5. The van der Waals surface area contributed by atoms with E-state index in [2.05, 4.69) is 5.16 Å². The van der Waals surface area contributed by atoms with Crippen molar-refractivity contribution < 1.29 is 4.84 Å². The molecule has 0 unspecified atom stereocenters. The van der Waals surface area contributed by atoms with Crippen LogP contribution in [-0.4, -0.2) is 30.4 Å². The summed E-state index contributed by atoms with van der Waals surface area (Å²) < 4.78 is 0. The number of benzene rings is 1. The molecule has 0 fully saturated rings. The monoisotopic (exact) mass is 274 g/mol. The molecule has 0 saturated heterocycles. The van der Waals surface area contributed by atoms with Gasteiger partial charge < -0.3 is 9.74 Å². The zero-order chi connectivity index (χ0) is 14.7. The molecule has 0 aliphatic heterocycles. The van der Waals surface area contributed by atoms with Crippen molar-refractivity contribution in [2.24, 2.45) is 5.16 Å². The van der Waals surface area contributed by atoms with E-state index in [0.29, 0.717) is 28.8 Å². The van der Waals surface area contributed by atoms with Gasteiger partial charge in [-0.2, -0.15) is 0 Å². The number of oxime groups is 1. The Morgan fingerprint density at radius 2 is 1.85 bits per heavy atom. The van der Waals surface area contributed by atoms with Crippen LogP contribution in [0.2, 0.25) is 0 Å². The van der Waals surface area contributed by atoms with Gasteiger partial charge in [-0.3, -0.25) is 9.59 Å². The molecule has 0 heterocycles. The average Bonchev–Trinajstić information content (AvgIpc) is 2.50. The molecule has 0 N–H and O–H groups in total. The quantitative estimate of drug-likeness (QED) is 0.358. The number of hydrogen-bond acceptors (Lipinski definition) is 4. The minimum absolute atomic E-state index is 0.419. The zero-order valence-electron chi connectivity index (χ0n) is 12.0. The maximum Gasteiger partial charge on any atom is 0.235 e. The Balaban J connectivity index is 2.60. The van der Waals surface area contributed by atoms with Crippen molar-refractivity contribution in [3.63, 3.8) is 0 Å². The first-order chi connectivity index (χ1) is 9.65. The molecule has 20 heavy (non-hydrogen) atoms. The largest absolute Gasteiger partial charge is 0.394 e. The van der Waals surface area contributed by atoms with E-state index < -0.39 is 10.9 Å². The van der Waals surface area contributed by atoms with Crippen molar-refractivity contribution >= 4 is 16.6 Å². The van der Waals surface area contributed by atoms with Crippen molar-refractivity contribution in [3.05, 3.63) is 44.2 Å². The lowest BCUT2D eigenvalue weighted by Gasteiger charge is -2.23. The lowest BCUT2D eigenvalue weighted by atomic mass is 9.98.